The summed E-state index contributed by atoms with van der Waals surface area (Å²) in [5, 5.41) is 0. The van der Waals surface area contributed by atoms with Crippen LogP contribution in [0, 0.1) is 6.92 Å². The van der Waals surface area contributed by atoms with E-state index in [1.807, 2.05) is 0 Å². The van der Waals surface area contributed by atoms with E-state index in [9.17, 15) is 13.2 Å². The van der Waals surface area contributed by atoms with Crippen molar-refractivity contribution in [1.29, 1.82) is 0 Å². The summed E-state index contributed by atoms with van der Waals surface area (Å²) in [6.07, 6.45) is 0. The van der Waals surface area contributed by atoms with Gasteiger partial charge in [-0.15, -0.1) is 0 Å². The molecule has 8 heteroatoms. The first kappa shape index (κ1) is 15.5. The monoisotopic (exact) mass is 301 g/mol. The maximum absolute atomic E-state index is 12.1. The average Bonchev–Trinajstić information content (AvgIpc) is 2.28. The van der Waals surface area contributed by atoms with Gasteiger partial charge in [0.2, 0.25) is 15.9 Å². The molecule has 1 aromatic carbocycles. The van der Waals surface area contributed by atoms with Gasteiger partial charge in [0.05, 0.1) is 10.9 Å². The highest BCUT2D eigenvalue weighted by molar-refractivity contribution is 7.89. The first-order chi connectivity index (χ1) is 8.65. The Balaban J connectivity index is 3.24. The molecule has 0 heterocycles. The number of rotatable bonds is 5. The zero-order valence-corrected chi connectivity index (χ0v) is 12.1. The number of aryl methyl sites for hydroxylation is 1. The number of primary amides is 1. The Morgan fingerprint density at radius 1 is 1.37 bits per heavy atom. The van der Waals surface area contributed by atoms with Crippen LogP contribution in [0.3, 0.4) is 0 Å². The van der Waals surface area contributed by atoms with Crippen molar-refractivity contribution in [3.05, 3.63) is 29.3 Å². The van der Waals surface area contributed by atoms with Crippen LogP contribution in [0.5, 0.6) is 0 Å². The van der Waals surface area contributed by atoms with E-state index >= 15 is 0 Å². The van der Waals surface area contributed by atoms with E-state index in [0.717, 1.165) is 0 Å². The second-order valence-electron chi connectivity index (χ2n) is 4.09. The highest BCUT2D eigenvalue weighted by Crippen LogP contribution is 2.17. The molecule has 0 aliphatic carbocycles. The molecule has 1 atom stereocenters. The highest BCUT2D eigenvalue weighted by atomic mass is 32.2. The maximum Gasteiger partial charge on any atom is 0.241 e. The molecule has 104 valence electrons. The number of carbonyl (C=O) groups is 1. The highest BCUT2D eigenvalue weighted by Gasteiger charge is 2.22. The fourth-order valence-electron chi connectivity index (χ4n) is 1.40. The van der Waals surface area contributed by atoms with Crippen LogP contribution >= 0.6 is 12.2 Å². The lowest BCUT2D eigenvalue weighted by Crippen LogP contribution is -2.42. The first-order valence-corrected chi connectivity index (χ1v) is 7.26. The van der Waals surface area contributed by atoms with Crippen molar-refractivity contribution in [3.8, 4) is 0 Å². The largest absolute Gasteiger partial charge is 0.389 e. The summed E-state index contributed by atoms with van der Waals surface area (Å²) in [5.41, 5.74) is 11.5. The molecular formula is C11H15N3O3S2. The van der Waals surface area contributed by atoms with Crippen molar-refractivity contribution in [2.45, 2.75) is 24.8 Å². The summed E-state index contributed by atoms with van der Waals surface area (Å²) >= 11 is 4.81. The fourth-order valence-corrected chi connectivity index (χ4v) is 3.01. The van der Waals surface area contributed by atoms with E-state index in [0.29, 0.717) is 11.1 Å². The van der Waals surface area contributed by atoms with Gasteiger partial charge in [0.1, 0.15) is 4.99 Å². The number of hydrogen-bond acceptors (Lipinski definition) is 4. The molecule has 1 amide bonds. The number of nitrogens with one attached hydrogen (secondary N) is 1. The van der Waals surface area contributed by atoms with Gasteiger partial charge in [0.25, 0.3) is 0 Å². The van der Waals surface area contributed by atoms with E-state index in [-0.39, 0.29) is 9.88 Å². The van der Waals surface area contributed by atoms with Crippen LogP contribution in [0.2, 0.25) is 0 Å². The van der Waals surface area contributed by atoms with Crippen molar-refractivity contribution in [2.24, 2.45) is 11.5 Å². The normalized spacial score (nSPS) is 12.9. The molecule has 0 aliphatic rings. The van der Waals surface area contributed by atoms with Gasteiger partial charge in [-0.25, -0.2) is 8.42 Å². The van der Waals surface area contributed by atoms with Crippen LogP contribution in [-0.2, 0) is 14.8 Å². The van der Waals surface area contributed by atoms with Gasteiger partial charge in [-0.2, -0.15) is 4.72 Å². The molecule has 1 rings (SSSR count). The Hall–Kier alpha value is -1.51. The van der Waals surface area contributed by atoms with E-state index in [4.69, 9.17) is 23.7 Å². The molecule has 0 bridgehead atoms. The quantitative estimate of drug-likeness (QED) is 0.650. The van der Waals surface area contributed by atoms with Gasteiger partial charge >= 0.3 is 0 Å². The average molecular weight is 301 g/mol. The topological polar surface area (TPSA) is 115 Å². The zero-order valence-electron chi connectivity index (χ0n) is 10.5. The summed E-state index contributed by atoms with van der Waals surface area (Å²) < 4.78 is 26.5. The van der Waals surface area contributed by atoms with Crippen molar-refractivity contribution >= 4 is 33.1 Å². The summed E-state index contributed by atoms with van der Waals surface area (Å²) in [5.74, 6) is -0.758. The fraction of sp³-hybridized carbons (Fsp3) is 0.273. The third-order valence-electron chi connectivity index (χ3n) is 2.52. The molecule has 0 aromatic heterocycles. The predicted octanol–water partition coefficient (Wildman–Crippen LogP) is -0.219. The molecule has 5 N–H and O–H groups in total. The van der Waals surface area contributed by atoms with Gasteiger partial charge in [0.15, 0.2) is 0 Å². The summed E-state index contributed by atoms with van der Waals surface area (Å²) in [4.78, 5) is 11.0. The minimum absolute atomic E-state index is 0.0194. The van der Waals surface area contributed by atoms with Crippen LogP contribution in [0.15, 0.2) is 23.1 Å². The lowest BCUT2D eigenvalue weighted by Gasteiger charge is -2.13. The van der Waals surface area contributed by atoms with Crippen LogP contribution < -0.4 is 16.2 Å². The van der Waals surface area contributed by atoms with Gasteiger partial charge < -0.3 is 11.5 Å². The Kier molecular flexibility index (Phi) is 4.61. The Morgan fingerprint density at radius 3 is 2.42 bits per heavy atom. The van der Waals surface area contributed by atoms with Gasteiger partial charge in [0, 0.05) is 5.56 Å². The minimum atomic E-state index is -3.86. The van der Waals surface area contributed by atoms with Crippen molar-refractivity contribution in [3.63, 3.8) is 0 Å². The molecule has 0 saturated heterocycles. The number of amides is 1. The SMILES string of the molecule is Cc1ccc(C(N)=S)cc1S(=O)(=O)NC(C)C(N)=O. The number of sulfonamides is 1. The second-order valence-corrected chi connectivity index (χ2v) is 6.21. The Labute approximate surface area is 117 Å². The number of hydrogen-bond donors (Lipinski definition) is 3. The third kappa shape index (κ3) is 3.72. The second kappa shape index (κ2) is 5.64. The maximum atomic E-state index is 12.1. The molecular weight excluding hydrogens is 286 g/mol. The summed E-state index contributed by atoms with van der Waals surface area (Å²) in [6.45, 7) is 3.00. The zero-order chi connectivity index (χ0) is 14.8. The molecule has 0 spiro atoms. The predicted molar refractivity (Wildman–Crippen MR) is 76.0 cm³/mol. The molecule has 19 heavy (non-hydrogen) atoms. The van der Waals surface area contributed by atoms with E-state index in [2.05, 4.69) is 4.72 Å². The van der Waals surface area contributed by atoms with E-state index < -0.39 is 22.0 Å². The molecule has 0 fully saturated rings. The number of carbonyl (C=O) groups excluding carboxylic acids is 1. The van der Waals surface area contributed by atoms with Gasteiger partial charge in [-0.3, -0.25) is 4.79 Å². The number of nitrogens with two attached hydrogens (primary N) is 2. The Morgan fingerprint density at radius 2 is 1.95 bits per heavy atom. The molecule has 1 aromatic rings. The lowest BCUT2D eigenvalue weighted by molar-refractivity contribution is -0.119. The molecule has 6 nitrogen and oxygen atoms in total. The van der Waals surface area contributed by atoms with Gasteiger partial charge in [-0.05, 0) is 25.5 Å². The molecule has 0 aliphatic heterocycles. The first-order valence-electron chi connectivity index (χ1n) is 5.37. The van der Waals surface area contributed by atoms with Crippen molar-refractivity contribution in [2.75, 3.05) is 0 Å². The van der Waals surface area contributed by atoms with Crippen molar-refractivity contribution < 1.29 is 13.2 Å². The van der Waals surface area contributed by atoms with E-state index in [1.165, 1.54) is 13.0 Å². The lowest BCUT2D eigenvalue weighted by atomic mass is 10.1. The van der Waals surface area contributed by atoms with Crippen LogP contribution in [0.4, 0.5) is 0 Å². The number of benzene rings is 1. The smallest absolute Gasteiger partial charge is 0.241 e. The van der Waals surface area contributed by atoms with Crippen LogP contribution in [0.25, 0.3) is 0 Å². The standard InChI is InChI=1S/C11H15N3O3S2/c1-6-3-4-8(11(13)18)5-9(6)19(16,17)14-7(2)10(12)15/h3-5,7,14H,1-2H3,(H2,12,15)(H2,13,18). The third-order valence-corrected chi connectivity index (χ3v) is 4.44. The molecule has 0 radical (unpaired) electrons. The van der Waals surface area contributed by atoms with Crippen LogP contribution in [0.1, 0.15) is 18.1 Å². The summed E-state index contributed by atoms with van der Waals surface area (Å²) in [6, 6.07) is 3.60. The Bertz CT molecular complexity index is 626. The summed E-state index contributed by atoms with van der Waals surface area (Å²) in [7, 11) is -3.86. The number of thiocarbonyl (C=S) groups is 1. The van der Waals surface area contributed by atoms with E-state index in [1.54, 1.807) is 19.1 Å². The molecule has 1 unspecified atom stereocenters. The van der Waals surface area contributed by atoms with Crippen LogP contribution in [-0.4, -0.2) is 25.4 Å². The van der Waals surface area contributed by atoms with Crippen molar-refractivity contribution in [1.82, 2.24) is 4.72 Å². The van der Waals surface area contributed by atoms with Gasteiger partial charge in [-0.1, -0.05) is 24.4 Å². The molecule has 0 saturated carbocycles. The minimum Gasteiger partial charge on any atom is -0.389 e.